The molecule has 48 heavy (non-hydrogen) atoms. The lowest BCUT2D eigenvalue weighted by atomic mass is 9.97. The van der Waals surface area contributed by atoms with Crippen LogP contribution < -0.4 is 0 Å². The summed E-state index contributed by atoms with van der Waals surface area (Å²) in [6.07, 6.45) is 0. The van der Waals surface area contributed by atoms with E-state index in [4.69, 9.17) is 16.6 Å². The summed E-state index contributed by atoms with van der Waals surface area (Å²) in [4.78, 5) is 14.2. The normalized spacial score (nSPS) is 11.4. The third-order valence-electron chi connectivity index (χ3n) is 9.02. The van der Waals surface area contributed by atoms with Gasteiger partial charge in [-0.3, -0.25) is 0 Å². The van der Waals surface area contributed by atoms with E-state index < -0.39 is 0 Å². The Morgan fingerprint density at radius 2 is 0.979 bits per heavy atom. The number of nitrogens with zero attached hydrogens (tertiary/aromatic N) is 4. The van der Waals surface area contributed by atoms with Crippen molar-refractivity contribution in [3.63, 3.8) is 0 Å². The fourth-order valence-corrected chi connectivity index (χ4v) is 6.96. The van der Waals surface area contributed by atoms with E-state index in [1.807, 2.05) is 6.07 Å². The molecule has 2 heterocycles. The van der Waals surface area contributed by atoms with Gasteiger partial charge in [0.15, 0.2) is 11.6 Å². The molecule has 9 rings (SSSR count). The van der Waals surface area contributed by atoms with Crippen LogP contribution in [0.25, 0.3) is 83.3 Å². The van der Waals surface area contributed by atoms with Gasteiger partial charge in [-0.2, -0.15) is 9.97 Å². The van der Waals surface area contributed by atoms with E-state index in [1.165, 1.54) is 27.1 Å². The maximum atomic E-state index is 6.62. The predicted octanol–water partition coefficient (Wildman–Crippen LogP) is 11.4. The minimum atomic E-state index is 0.151. The molecule has 0 fully saturated rings. The Balaban J connectivity index is 1.17. The molecule has 0 radical (unpaired) electrons. The second kappa shape index (κ2) is 11.6. The molecule has 7 aromatic carbocycles. The van der Waals surface area contributed by atoms with Crippen LogP contribution in [-0.2, 0) is 0 Å². The maximum absolute atomic E-state index is 6.62. The lowest BCUT2D eigenvalue weighted by Crippen LogP contribution is -2.00. The monoisotopic (exact) mass is 634 g/mol. The highest BCUT2D eigenvalue weighted by Gasteiger charge is 2.18. The number of rotatable bonds is 5. The second-order valence-corrected chi connectivity index (χ2v) is 12.2. The first-order valence-corrected chi connectivity index (χ1v) is 16.3. The number of hydrogen-bond acceptors (Lipinski definition) is 3. The summed E-state index contributed by atoms with van der Waals surface area (Å²) in [7, 11) is 0. The van der Waals surface area contributed by atoms with E-state index in [0.29, 0.717) is 11.6 Å². The first-order valence-electron chi connectivity index (χ1n) is 15.9. The molecule has 0 amide bonds. The topological polar surface area (TPSA) is 43.6 Å². The zero-order valence-electron chi connectivity index (χ0n) is 25.8. The Hall–Kier alpha value is -6.10. The number of halogens is 1. The fraction of sp³-hybridized carbons (Fsp3) is 0. The van der Waals surface area contributed by atoms with Crippen LogP contribution in [0.2, 0.25) is 5.28 Å². The quantitative estimate of drug-likeness (QED) is 0.189. The van der Waals surface area contributed by atoms with Crippen LogP contribution in [0.4, 0.5) is 0 Å². The molecule has 0 unspecified atom stereocenters. The predicted molar refractivity (Wildman–Crippen MR) is 198 cm³/mol. The van der Waals surface area contributed by atoms with Gasteiger partial charge >= 0.3 is 0 Å². The molecule has 0 N–H and O–H groups in total. The molecule has 0 saturated heterocycles. The molecule has 0 aliphatic rings. The van der Waals surface area contributed by atoms with Crippen molar-refractivity contribution in [2.75, 3.05) is 0 Å². The summed E-state index contributed by atoms with van der Waals surface area (Å²) in [6.45, 7) is 0. The van der Waals surface area contributed by atoms with Gasteiger partial charge in [-0.25, -0.2) is 4.98 Å². The summed E-state index contributed by atoms with van der Waals surface area (Å²) in [5, 5.41) is 5.03. The number of hydrogen-bond donors (Lipinski definition) is 0. The molecule has 2 aromatic heterocycles. The Morgan fingerprint density at radius 3 is 1.73 bits per heavy atom. The van der Waals surface area contributed by atoms with E-state index in [2.05, 4.69) is 172 Å². The van der Waals surface area contributed by atoms with Crippen molar-refractivity contribution in [3.05, 3.63) is 169 Å². The standard InChI is InChI=1S/C43H27ClN4/c44-43-46-41(31-23-21-30(22-24-31)34-18-10-14-28-13-4-5-15-33(28)34)45-42(47-43)37-26-25-32(27-38(37)29-11-2-1-3-12-29)48-39-19-8-6-16-35(39)36-17-7-9-20-40(36)48/h1-27H. The van der Waals surface area contributed by atoms with Gasteiger partial charge in [0.25, 0.3) is 0 Å². The van der Waals surface area contributed by atoms with Gasteiger partial charge < -0.3 is 4.57 Å². The van der Waals surface area contributed by atoms with Crippen molar-refractivity contribution in [2.45, 2.75) is 0 Å². The molecule has 9 aromatic rings. The Kier molecular flexibility index (Phi) is 6.81. The molecule has 4 nitrogen and oxygen atoms in total. The Bertz CT molecular complexity index is 2570. The minimum Gasteiger partial charge on any atom is -0.309 e. The Morgan fingerprint density at radius 1 is 0.396 bits per heavy atom. The first-order chi connectivity index (χ1) is 23.7. The third kappa shape index (κ3) is 4.82. The summed E-state index contributed by atoms with van der Waals surface area (Å²) >= 11 is 6.62. The summed E-state index contributed by atoms with van der Waals surface area (Å²) in [6, 6.07) is 57.1. The fourth-order valence-electron chi connectivity index (χ4n) is 6.80. The molecule has 0 bridgehead atoms. The van der Waals surface area contributed by atoms with E-state index in [0.717, 1.165) is 44.5 Å². The molecule has 0 atom stereocenters. The van der Waals surface area contributed by atoms with Gasteiger partial charge in [0.2, 0.25) is 5.28 Å². The highest BCUT2D eigenvalue weighted by Crippen LogP contribution is 2.37. The van der Waals surface area contributed by atoms with E-state index in [-0.39, 0.29) is 5.28 Å². The van der Waals surface area contributed by atoms with Gasteiger partial charge in [0, 0.05) is 27.6 Å². The summed E-state index contributed by atoms with van der Waals surface area (Å²) < 4.78 is 2.32. The van der Waals surface area contributed by atoms with Crippen molar-refractivity contribution in [1.82, 2.24) is 19.5 Å². The van der Waals surface area contributed by atoms with Crippen LogP contribution in [0.3, 0.4) is 0 Å². The van der Waals surface area contributed by atoms with Gasteiger partial charge in [0.05, 0.1) is 11.0 Å². The van der Waals surface area contributed by atoms with Crippen LogP contribution in [0.1, 0.15) is 0 Å². The highest BCUT2D eigenvalue weighted by atomic mass is 35.5. The number of para-hydroxylation sites is 2. The lowest BCUT2D eigenvalue weighted by Gasteiger charge is -2.15. The van der Waals surface area contributed by atoms with Crippen LogP contribution in [0.5, 0.6) is 0 Å². The summed E-state index contributed by atoms with van der Waals surface area (Å²) in [5.41, 5.74) is 9.50. The highest BCUT2D eigenvalue weighted by molar-refractivity contribution is 6.28. The number of aromatic nitrogens is 4. The number of fused-ring (bicyclic) bond motifs is 4. The van der Waals surface area contributed by atoms with Crippen LogP contribution in [0.15, 0.2) is 164 Å². The average Bonchev–Trinajstić information content (AvgIpc) is 3.49. The molecule has 5 heteroatoms. The van der Waals surface area contributed by atoms with Crippen molar-refractivity contribution in [1.29, 1.82) is 0 Å². The first kappa shape index (κ1) is 28.1. The zero-order chi connectivity index (χ0) is 32.0. The van der Waals surface area contributed by atoms with Crippen molar-refractivity contribution >= 4 is 44.2 Å². The molecule has 0 aliphatic heterocycles. The van der Waals surface area contributed by atoms with Gasteiger partial charge in [0.1, 0.15) is 0 Å². The van der Waals surface area contributed by atoms with Crippen LogP contribution in [-0.4, -0.2) is 19.5 Å². The molecule has 0 spiro atoms. The van der Waals surface area contributed by atoms with Crippen LogP contribution >= 0.6 is 11.6 Å². The maximum Gasteiger partial charge on any atom is 0.226 e. The van der Waals surface area contributed by atoms with Crippen molar-refractivity contribution in [3.8, 4) is 50.7 Å². The zero-order valence-corrected chi connectivity index (χ0v) is 26.5. The smallest absolute Gasteiger partial charge is 0.226 e. The largest absolute Gasteiger partial charge is 0.309 e. The Labute approximate surface area is 282 Å². The van der Waals surface area contributed by atoms with Crippen LogP contribution in [0, 0.1) is 0 Å². The van der Waals surface area contributed by atoms with Crippen molar-refractivity contribution in [2.24, 2.45) is 0 Å². The molecule has 0 saturated carbocycles. The van der Waals surface area contributed by atoms with E-state index in [1.54, 1.807) is 0 Å². The average molecular weight is 635 g/mol. The molecular weight excluding hydrogens is 608 g/mol. The lowest BCUT2D eigenvalue weighted by molar-refractivity contribution is 1.07. The van der Waals surface area contributed by atoms with Crippen molar-refractivity contribution < 1.29 is 0 Å². The molecular formula is C43H27ClN4. The van der Waals surface area contributed by atoms with E-state index in [9.17, 15) is 0 Å². The molecule has 226 valence electrons. The number of benzene rings is 7. The molecule has 0 aliphatic carbocycles. The van der Waals surface area contributed by atoms with Gasteiger partial charge in [-0.15, -0.1) is 0 Å². The third-order valence-corrected chi connectivity index (χ3v) is 9.19. The van der Waals surface area contributed by atoms with Gasteiger partial charge in [-0.1, -0.05) is 133 Å². The summed E-state index contributed by atoms with van der Waals surface area (Å²) in [5.74, 6) is 1.05. The van der Waals surface area contributed by atoms with E-state index >= 15 is 0 Å². The minimum absolute atomic E-state index is 0.151. The second-order valence-electron chi connectivity index (χ2n) is 11.8. The SMILES string of the molecule is Clc1nc(-c2ccc(-c3cccc4ccccc34)cc2)nc(-c2ccc(-n3c4ccccc4c4ccccc43)cc2-c2ccccc2)n1. The van der Waals surface area contributed by atoms with Gasteiger partial charge in [-0.05, 0) is 75.0 Å².